The Morgan fingerprint density at radius 3 is 3.00 bits per heavy atom. The number of amides is 1. The summed E-state index contributed by atoms with van der Waals surface area (Å²) in [4.78, 5) is 18.9. The smallest absolute Gasteiger partial charge is 0.249 e. The first kappa shape index (κ1) is 14.0. The molecule has 1 aromatic heterocycles. The third kappa shape index (κ3) is 3.38. The van der Waals surface area contributed by atoms with Crippen LogP contribution in [0.15, 0.2) is 5.38 Å². The largest absolute Gasteiger partial charge is 0.371 e. The average Bonchev–Trinajstić information content (AvgIpc) is 3.18. The molecule has 4 nitrogen and oxygen atoms in total. The van der Waals surface area contributed by atoms with Gasteiger partial charge >= 0.3 is 0 Å². The number of thiazole rings is 1. The number of aromatic nitrogens is 1. The van der Waals surface area contributed by atoms with E-state index in [-0.39, 0.29) is 18.6 Å². The van der Waals surface area contributed by atoms with Crippen LogP contribution in [0.1, 0.15) is 48.8 Å². The van der Waals surface area contributed by atoms with Gasteiger partial charge in [0.15, 0.2) is 0 Å². The summed E-state index contributed by atoms with van der Waals surface area (Å²) in [5.74, 6) is 0.838. The number of hydrogen-bond acceptors (Lipinski definition) is 4. The number of nitrogens with zero attached hydrogens (tertiary/aromatic N) is 2. The number of aryl methyl sites for hydroxylation is 1. The van der Waals surface area contributed by atoms with Gasteiger partial charge in [-0.2, -0.15) is 0 Å². The topological polar surface area (TPSA) is 42.4 Å². The third-order valence-electron chi connectivity index (χ3n) is 4.02. The number of piperidine rings is 1. The third-order valence-corrected chi connectivity index (χ3v) is 5.08. The van der Waals surface area contributed by atoms with Crippen LogP contribution < -0.4 is 0 Å². The molecular formula is C15H22N2O2S. The highest BCUT2D eigenvalue weighted by Crippen LogP contribution is 2.33. The second-order valence-corrected chi connectivity index (χ2v) is 6.77. The highest BCUT2D eigenvalue weighted by Gasteiger charge is 2.30. The van der Waals surface area contributed by atoms with E-state index in [9.17, 15) is 4.79 Å². The monoisotopic (exact) mass is 294 g/mol. The first-order chi connectivity index (χ1) is 9.74. The van der Waals surface area contributed by atoms with Crippen LogP contribution in [0, 0.1) is 12.8 Å². The molecule has 1 aromatic rings. The minimum Gasteiger partial charge on any atom is -0.371 e. The van der Waals surface area contributed by atoms with Gasteiger partial charge in [0.05, 0.1) is 12.6 Å². The van der Waals surface area contributed by atoms with Crippen molar-refractivity contribution < 1.29 is 9.53 Å². The van der Waals surface area contributed by atoms with Gasteiger partial charge in [0.2, 0.25) is 5.91 Å². The van der Waals surface area contributed by atoms with Crippen molar-refractivity contribution in [1.29, 1.82) is 0 Å². The van der Waals surface area contributed by atoms with Gasteiger partial charge in [0.1, 0.15) is 11.6 Å². The second kappa shape index (κ2) is 6.22. The van der Waals surface area contributed by atoms with E-state index in [2.05, 4.69) is 10.4 Å². The quantitative estimate of drug-likeness (QED) is 0.838. The van der Waals surface area contributed by atoms with Crippen LogP contribution in [0.3, 0.4) is 0 Å². The number of likely N-dealkylation sites (tertiary alicyclic amines) is 1. The summed E-state index contributed by atoms with van der Waals surface area (Å²) in [6, 6.07) is 0.166. The molecule has 2 fully saturated rings. The molecule has 0 unspecified atom stereocenters. The van der Waals surface area contributed by atoms with Gasteiger partial charge in [0.25, 0.3) is 0 Å². The molecule has 110 valence electrons. The van der Waals surface area contributed by atoms with Crippen LogP contribution in [0.25, 0.3) is 0 Å². The fourth-order valence-corrected chi connectivity index (χ4v) is 3.64. The Kier molecular flexibility index (Phi) is 4.36. The van der Waals surface area contributed by atoms with Crippen molar-refractivity contribution in [3.05, 3.63) is 16.1 Å². The lowest BCUT2D eigenvalue weighted by molar-refractivity contribution is -0.140. The van der Waals surface area contributed by atoms with E-state index in [1.165, 1.54) is 19.3 Å². The van der Waals surface area contributed by atoms with Gasteiger partial charge in [-0.1, -0.05) is 0 Å². The molecule has 1 atom stereocenters. The average molecular weight is 294 g/mol. The maximum atomic E-state index is 12.4. The fourth-order valence-electron chi connectivity index (χ4n) is 2.69. The van der Waals surface area contributed by atoms with E-state index in [1.54, 1.807) is 11.3 Å². The summed E-state index contributed by atoms with van der Waals surface area (Å²) in [6.07, 6.45) is 5.82. The van der Waals surface area contributed by atoms with Gasteiger partial charge in [-0.3, -0.25) is 4.79 Å². The van der Waals surface area contributed by atoms with Crippen molar-refractivity contribution in [2.45, 2.75) is 45.1 Å². The standard InChI is InChI=1S/C15H22N2O2S/c1-11-10-20-15(16-11)13-4-2-3-7-17(13)14(18)9-19-8-12-5-6-12/h10,12-13H,2-9H2,1H3/t13-/m1/s1. The fraction of sp³-hybridized carbons (Fsp3) is 0.733. The molecular weight excluding hydrogens is 272 g/mol. The lowest BCUT2D eigenvalue weighted by atomic mass is 10.0. The summed E-state index contributed by atoms with van der Waals surface area (Å²) >= 11 is 1.67. The molecule has 0 radical (unpaired) electrons. The van der Waals surface area contributed by atoms with E-state index in [4.69, 9.17) is 4.74 Å². The second-order valence-electron chi connectivity index (χ2n) is 5.88. The van der Waals surface area contributed by atoms with Crippen molar-refractivity contribution in [1.82, 2.24) is 9.88 Å². The maximum absolute atomic E-state index is 12.4. The number of rotatable bonds is 5. The van der Waals surface area contributed by atoms with Gasteiger partial charge in [-0.25, -0.2) is 4.98 Å². The summed E-state index contributed by atoms with van der Waals surface area (Å²) in [6.45, 7) is 3.83. The highest BCUT2D eigenvalue weighted by atomic mass is 32.1. The molecule has 1 amide bonds. The van der Waals surface area contributed by atoms with E-state index < -0.39 is 0 Å². The first-order valence-electron chi connectivity index (χ1n) is 7.53. The predicted molar refractivity (Wildman–Crippen MR) is 78.7 cm³/mol. The Hall–Kier alpha value is -0.940. The van der Waals surface area contributed by atoms with Crippen LogP contribution in [0.5, 0.6) is 0 Å². The lowest BCUT2D eigenvalue weighted by Gasteiger charge is -2.34. The molecule has 2 heterocycles. The lowest BCUT2D eigenvalue weighted by Crippen LogP contribution is -2.40. The molecule has 0 N–H and O–H groups in total. The van der Waals surface area contributed by atoms with Crippen LogP contribution in [-0.4, -0.2) is 35.5 Å². The number of carbonyl (C=O) groups excluding carboxylic acids is 1. The molecule has 3 rings (SSSR count). The molecule has 2 aliphatic rings. The zero-order chi connectivity index (χ0) is 13.9. The number of ether oxygens (including phenoxy) is 1. The summed E-state index contributed by atoms with van der Waals surface area (Å²) in [5.41, 5.74) is 1.05. The minimum atomic E-state index is 0.128. The van der Waals surface area contributed by atoms with Crippen molar-refractivity contribution in [3.8, 4) is 0 Å². The molecule has 1 aliphatic heterocycles. The molecule has 1 saturated heterocycles. The minimum absolute atomic E-state index is 0.128. The Morgan fingerprint density at radius 1 is 1.45 bits per heavy atom. The predicted octanol–water partition coefficient (Wildman–Crippen LogP) is 2.93. The molecule has 0 spiro atoms. The Bertz CT molecular complexity index is 470. The zero-order valence-electron chi connectivity index (χ0n) is 12.0. The van der Waals surface area contributed by atoms with Crippen LogP contribution in [0.2, 0.25) is 0 Å². The first-order valence-corrected chi connectivity index (χ1v) is 8.41. The molecule has 1 saturated carbocycles. The van der Waals surface area contributed by atoms with E-state index in [0.717, 1.165) is 36.7 Å². The SMILES string of the molecule is Cc1csc([C@H]2CCCCN2C(=O)COCC2CC2)n1. The molecule has 0 bridgehead atoms. The van der Waals surface area contributed by atoms with E-state index in [1.807, 2.05) is 11.8 Å². The van der Waals surface area contributed by atoms with Crippen LogP contribution in [-0.2, 0) is 9.53 Å². The molecule has 0 aromatic carbocycles. The van der Waals surface area contributed by atoms with Crippen molar-refractivity contribution in [3.63, 3.8) is 0 Å². The van der Waals surface area contributed by atoms with Gasteiger partial charge < -0.3 is 9.64 Å². The van der Waals surface area contributed by atoms with Crippen molar-refractivity contribution in [2.75, 3.05) is 19.8 Å². The maximum Gasteiger partial charge on any atom is 0.249 e. The molecule has 20 heavy (non-hydrogen) atoms. The molecule has 5 heteroatoms. The van der Waals surface area contributed by atoms with E-state index >= 15 is 0 Å². The van der Waals surface area contributed by atoms with Gasteiger partial charge in [0, 0.05) is 17.6 Å². The normalized spacial score (nSPS) is 23.1. The van der Waals surface area contributed by atoms with Crippen LogP contribution >= 0.6 is 11.3 Å². The van der Waals surface area contributed by atoms with Crippen molar-refractivity contribution >= 4 is 17.2 Å². The Labute approximate surface area is 124 Å². The van der Waals surface area contributed by atoms with E-state index in [0.29, 0.717) is 5.92 Å². The van der Waals surface area contributed by atoms with Gasteiger partial charge in [-0.05, 0) is 44.9 Å². The summed E-state index contributed by atoms with van der Waals surface area (Å²) in [5, 5.41) is 3.15. The van der Waals surface area contributed by atoms with Crippen molar-refractivity contribution in [2.24, 2.45) is 5.92 Å². The zero-order valence-corrected chi connectivity index (χ0v) is 12.8. The summed E-state index contributed by atoms with van der Waals surface area (Å²) < 4.78 is 5.55. The summed E-state index contributed by atoms with van der Waals surface area (Å²) in [7, 11) is 0. The highest BCUT2D eigenvalue weighted by molar-refractivity contribution is 7.09. The van der Waals surface area contributed by atoms with Crippen LogP contribution in [0.4, 0.5) is 0 Å². The van der Waals surface area contributed by atoms with Gasteiger partial charge in [-0.15, -0.1) is 11.3 Å². The number of carbonyl (C=O) groups is 1. The Balaban J connectivity index is 1.60. The Morgan fingerprint density at radius 2 is 2.30 bits per heavy atom. The number of hydrogen-bond donors (Lipinski definition) is 0. The molecule has 1 aliphatic carbocycles.